The second-order valence-electron chi connectivity index (χ2n) is 10.2. The van der Waals surface area contributed by atoms with Gasteiger partial charge in [0, 0.05) is 19.2 Å². The molecular formula is C32H41N3O6S. The van der Waals surface area contributed by atoms with Crippen LogP contribution in [0, 0.1) is 5.92 Å². The number of nitrogens with one attached hydrogen (secondary N) is 1. The molecular weight excluding hydrogens is 554 g/mol. The minimum Gasteiger partial charge on any atom is -0.493 e. The van der Waals surface area contributed by atoms with E-state index in [1.165, 1.54) is 37.3 Å². The van der Waals surface area contributed by atoms with E-state index >= 15 is 0 Å². The van der Waals surface area contributed by atoms with Crippen molar-refractivity contribution in [2.75, 3.05) is 38.2 Å². The molecule has 9 nitrogen and oxygen atoms in total. The quantitative estimate of drug-likeness (QED) is 0.277. The lowest BCUT2D eigenvalue weighted by molar-refractivity contribution is -0.139. The van der Waals surface area contributed by atoms with Gasteiger partial charge in [0.15, 0.2) is 11.5 Å². The van der Waals surface area contributed by atoms with Crippen LogP contribution in [0.4, 0.5) is 5.69 Å². The largest absolute Gasteiger partial charge is 0.493 e. The normalized spacial score (nSPS) is 12.0. The maximum absolute atomic E-state index is 14.1. The molecule has 0 saturated carbocycles. The van der Waals surface area contributed by atoms with Gasteiger partial charge in [-0.15, -0.1) is 0 Å². The molecule has 3 aromatic rings. The second kappa shape index (κ2) is 15.3. The third-order valence-electron chi connectivity index (χ3n) is 6.82. The first-order chi connectivity index (χ1) is 20.1. The molecule has 0 aliphatic rings. The number of benzene rings is 3. The fraction of sp³-hybridized carbons (Fsp3) is 0.375. The molecule has 42 heavy (non-hydrogen) atoms. The number of hydrogen-bond donors (Lipinski definition) is 1. The summed E-state index contributed by atoms with van der Waals surface area (Å²) in [4.78, 5) is 28.8. The lowest BCUT2D eigenvalue weighted by Gasteiger charge is -2.33. The number of rotatable bonds is 15. The number of sulfonamides is 1. The summed E-state index contributed by atoms with van der Waals surface area (Å²) in [6, 6.07) is 21.6. The van der Waals surface area contributed by atoms with Crippen molar-refractivity contribution in [1.29, 1.82) is 0 Å². The van der Waals surface area contributed by atoms with Gasteiger partial charge in [-0.3, -0.25) is 13.9 Å². The minimum atomic E-state index is -4.23. The van der Waals surface area contributed by atoms with E-state index < -0.39 is 28.5 Å². The Labute approximate surface area is 249 Å². The number of hydrogen-bond acceptors (Lipinski definition) is 6. The van der Waals surface area contributed by atoms with E-state index in [1.54, 1.807) is 30.3 Å². The summed E-state index contributed by atoms with van der Waals surface area (Å²) in [5.41, 5.74) is 1.33. The van der Waals surface area contributed by atoms with Crippen LogP contribution in [0.25, 0.3) is 0 Å². The molecule has 0 heterocycles. The van der Waals surface area contributed by atoms with Crippen LogP contribution in [-0.4, -0.2) is 65.0 Å². The molecule has 2 amide bonds. The molecule has 0 aromatic heterocycles. The fourth-order valence-electron chi connectivity index (χ4n) is 4.55. The number of methoxy groups -OCH3 is 2. The zero-order chi connectivity index (χ0) is 30.7. The predicted molar refractivity (Wildman–Crippen MR) is 164 cm³/mol. The molecule has 0 saturated heterocycles. The number of amides is 2. The first kappa shape index (κ1) is 32.5. The third kappa shape index (κ3) is 8.25. The van der Waals surface area contributed by atoms with E-state index in [2.05, 4.69) is 5.32 Å². The van der Waals surface area contributed by atoms with Gasteiger partial charge < -0.3 is 19.7 Å². The monoisotopic (exact) mass is 595 g/mol. The highest BCUT2D eigenvalue weighted by Crippen LogP contribution is 2.32. The molecule has 0 fully saturated rings. The lowest BCUT2D eigenvalue weighted by Crippen LogP contribution is -2.53. The van der Waals surface area contributed by atoms with Gasteiger partial charge >= 0.3 is 0 Å². The van der Waals surface area contributed by atoms with E-state index in [4.69, 9.17) is 9.47 Å². The number of carbonyl (C=O) groups excluding carboxylic acids is 2. The van der Waals surface area contributed by atoms with Gasteiger partial charge in [0.05, 0.1) is 24.8 Å². The molecule has 3 aromatic carbocycles. The highest BCUT2D eigenvalue weighted by Gasteiger charge is 2.33. The van der Waals surface area contributed by atoms with Crippen molar-refractivity contribution in [1.82, 2.24) is 10.2 Å². The zero-order valence-corrected chi connectivity index (χ0v) is 25.8. The number of carbonyl (C=O) groups is 2. The van der Waals surface area contributed by atoms with Gasteiger partial charge in [-0.25, -0.2) is 8.42 Å². The predicted octanol–water partition coefficient (Wildman–Crippen LogP) is 4.52. The van der Waals surface area contributed by atoms with Crippen LogP contribution in [-0.2, 0) is 26.0 Å². The Hall–Kier alpha value is -4.05. The highest BCUT2D eigenvalue weighted by molar-refractivity contribution is 7.92. The van der Waals surface area contributed by atoms with Crippen LogP contribution < -0.4 is 19.1 Å². The van der Waals surface area contributed by atoms with E-state index in [9.17, 15) is 18.0 Å². The van der Waals surface area contributed by atoms with E-state index in [0.717, 1.165) is 9.87 Å². The van der Waals surface area contributed by atoms with Gasteiger partial charge in [0.1, 0.15) is 12.6 Å². The minimum absolute atomic E-state index is 0.0608. The number of ether oxygens (including phenoxy) is 2. The van der Waals surface area contributed by atoms with Gasteiger partial charge in [-0.1, -0.05) is 69.3 Å². The first-order valence-electron chi connectivity index (χ1n) is 14.0. The summed E-state index contributed by atoms with van der Waals surface area (Å²) in [5.74, 6) is 0.117. The smallest absolute Gasteiger partial charge is 0.264 e. The Kier molecular flexibility index (Phi) is 11.8. The maximum atomic E-state index is 14.1. The van der Waals surface area contributed by atoms with Crippen LogP contribution >= 0.6 is 0 Å². The van der Waals surface area contributed by atoms with E-state index in [-0.39, 0.29) is 29.0 Å². The average Bonchev–Trinajstić information content (AvgIpc) is 3.00. The summed E-state index contributed by atoms with van der Waals surface area (Å²) in [7, 11) is -1.34. The second-order valence-corrected chi connectivity index (χ2v) is 12.1. The third-order valence-corrected chi connectivity index (χ3v) is 8.59. The number of nitrogens with zero attached hydrogens (tertiary/aromatic N) is 2. The maximum Gasteiger partial charge on any atom is 0.264 e. The van der Waals surface area contributed by atoms with Crippen molar-refractivity contribution in [3.63, 3.8) is 0 Å². The van der Waals surface area contributed by atoms with Gasteiger partial charge in [0.2, 0.25) is 11.8 Å². The standard InChI is InChI=1S/C32H41N3O6S/c1-6-28(32(37)33-22-24(2)3)34(20-19-25-13-9-7-10-14-25)31(36)23-35(26-15-11-8-12-16-26)42(38,39)27-17-18-29(40-4)30(21-27)41-5/h7-18,21,24,28H,6,19-20,22-23H2,1-5H3,(H,33,37). The summed E-state index contributed by atoms with van der Waals surface area (Å²) in [5, 5.41) is 2.94. The average molecular weight is 596 g/mol. The molecule has 0 bridgehead atoms. The summed E-state index contributed by atoms with van der Waals surface area (Å²) in [6.45, 7) is 6.06. The Morgan fingerprint density at radius 1 is 0.881 bits per heavy atom. The molecule has 0 radical (unpaired) electrons. The zero-order valence-electron chi connectivity index (χ0n) is 24.9. The van der Waals surface area contributed by atoms with Crippen molar-refractivity contribution in [3.05, 3.63) is 84.4 Å². The van der Waals surface area contributed by atoms with Gasteiger partial charge in [-0.05, 0) is 48.6 Å². The fourth-order valence-corrected chi connectivity index (χ4v) is 5.98. The lowest BCUT2D eigenvalue weighted by atomic mass is 10.1. The first-order valence-corrected chi connectivity index (χ1v) is 15.5. The van der Waals surface area contributed by atoms with Crippen LogP contribution in [0.1, 0.15) is 32.8 Å². The Balaban J connectivity index is 2.01. The van der Waals surface area contributed by atoms with Crippen LogP contribution in [0.2, 0.25) is 0 Å². The van der Waals surface area contributed by atoms with E-state index in [0.29, 0.717) is 30.8 Å². The molecule has 0 spiro atoms. The topological polar surface area (TPSA) is 105 Å². The Morgan fingerprint density at radius 2 is 1.50 bits per heavy atom. The molecule has 226 valence electrons. The molecule has 1 atom stereocenters. The van der Waals surface area contributed by atoms with Crippen molar-refractivity contribution in [3.8, 4) is 11.5 Å². The highest BCUT2D eigenvalue weighted by atomic mass is 32.2. The summed E-state index contributed by atoms with van der Waals surface area (Å²) in [6.07, 6.45) is 0.881. The Morgan fingerprint density at radius 3 is 2.07 bits per heavy atom. The van der Waals surface area contributed by atoms with Crippen LogP contribution in [0.15, 0.2) is 83.8 Å². The number of para-hydroxylation sites is 1. The molecule has 10 heteroatoms. The van der Waals surface area contributed by atoms with Crippen molar-refractivity contribution >= 4 is 27.5 Å². The molecule has 0 aliphatic carbocycles. The van der Waals surface area contributed by atoms with Gasteiger partial charge in [0.25, 0.3) is 10.0 Å². The van der Waals surface area contributed by atoms with Crippen molar-refractivity contribution in [2.45, 2.75) is 44.6 Å². The molecule has 1 N–H and O–H groups in total. The molecule has 3 rings (SSSR count). The van der Waals surface area contributed by atoms with Crippen molar-refractivity contribution < 1.29 is 27.5 Å². The van der Waals surface area contributed by atoms with Crippen molar-refractivity contribution in [2.24, 2.45) is 5.92 Å². The van der Waals surface area contributed by atoms with Crippen LogP contribution in [0.3, 0.4) is 0 Å². The molecule has 1 unspecified atom stereocenters. The number of anilines is 1. The summed E-state index contributed by atoms with van der Waals surface area (Å²) < 4.78 is 39.8. The van der Waals surface area contributed by atoms with Gasteiger partial charge in [-0.2, -0.15) is 0 Å². The summed E-state index contributed by atoms with van der Waals surface area (Å²) >= 11 is 0. The van der Waals surface area contributed by atoms with Crippen LogP contribution in [0.5, 0.6) is 11.5 Å². The molecule has 0 aliphatic heterocycles. The SMILES string of the molecule is CCC(C(=O)NCC(C)C)N(CCc1ccccc1)C(=O)CN(c1ccccc1)S(=O)(=O)c1ccc(OC)c(OC)c1. The Bertz CT molecular complexity index is 1410. The van der Waals surface area contributed by atoms with E-state index in [1.807, 2.05) is 51.1 Å².